The van der Waals surface area contributed by atoms with Gasteiger partial charge in [-0.15, -0.1) is 0 Å². The van der Waals surface area contributed by atoms with Crippen LogP contribution in [0.2, 0.25) is 0 Å². The van der Waals surface area contributed by atoms with Crippen molar-refractivity contribution in [2.45, 2.75) is 0 Å². The summed E-state index contributed by atoms with van der Waals surface area (Å²) in [4.78, 5) is 0. The van der Waals surface area contributed by atoms with Crippen LogP contribution in [-0.4, -0.2) is 11.0 Å². The Labute approximate surface area is 64.9 Å². The normalized spacial score (nSPS) is 0. The molecule has 0 amide bonds. The first-order valence-corrected chi connectivity index (χ1v) is 0. The summed E-state index contributed by atoms with van der Waals surface area (Å²) in [6.07, 6.45) is 0. The van der Waals surface area contributed by atoms with Crippen molar-refractivity contribution in [3.05, 3.63) is 0 Å². The molecule has 0 aromatic carbocycles. The molecule has 0 saturated heterocycles. The predicted molar refractivity (Wildman–Crippen MR) is 3.87 cm³/mol. The van der Waals surface area contributed by atoms with Crippen LogP contribution in [0.25, 0.3) is 0 Å². The van der Waals surface area contributed by atoms with E-state index in [1.165, 1.54) is 0 Å². The van der Waals surface area contributed by atoms with E-state index in [0.29, 0.717) is 0 Å². The third kappa shape index (κ3) is 9.24. The second kappa shape index (κ2) is 21.7. The standard InChI is InChI=1S/2Cd.2H2O/h;;2*1H2/q;+2;;/p-2. The minimum atomic E-state index is 0. The van der Waals surface area contributed by atoms with E-state index >= 15 is 0 Å². The quantitative estimate of drug-likeness (QED) is 0.558. The maximum atomic E-state index is 0. The van der Waals surface area contributed by atoms with Crippen LogP contribution in [0.3, 0.4) is 0 Å². The van der Waals surface area contributed by atoms with E-state index in [0.717, 1.165) is 0 Å². The molecule has 0 fully saturated rings. The SMILES string of the molecule is [Cd+2].[Cd].[OH-].[OH-]. The van der Waals surface area contributed by atoms with Gasteiger partial charge in [0.05, 0.1) is 0 Å². The van der Waals surface area contributed by atoms with Crippen molar-refractivity contribution in [1.82, 2.24) is 0 Å². The molecule has 0 unspecified atom stereocenters. The first-order chi connectivity index (χ1) is 0. The van der Waals surface area contributed by atoms with Gasteiger partial charge < -0.3 is 11.0 Å². The van der Waals surface area contributed by atoms with Gasteiger partial charge in [-0.1, -0.05) is 0 Å². The maximum Gasteiger partial charge on any atom is 2.00 e. The summed E-state index contributed by atoms with van der Waals surface area (Å²) in [5, 5.41) is 0. The van der Waals surface area contributed by atoms with Crippen molar-refractivity contribution in [2.24, 2.45) is 0 Å². The maximum absolute atomic E-state index is 0. The molecule has 0 spiro atoms. The van der Waals surface area contributed by atoms with E-state index in [9.17, 15) is 0 Å². The van der Waals surface area contributed by atoms with Gasteiger partial charge in [-0.25, -0.2) is 0 Å². The van der Waals surface area contributed by atoms with E-state index in [2.05, 4.69) is 0 Å². The van der Waals surface area contributed by atoms with Gasteiger partial charge in [-0.3, -0.25) is 0 Å². The Balaban J connectivity index is 0. The molecule has 4 heteroatoms. The van der Waals surface area contributed by atoms with Crippen LogP contribution in [0.4, 0.5) is 0 Å². The molecule has 18 valence electrons. The molecule has 0 heterocycles. The van der Waals surface area contributed by atoms with Crippen LogP contribution < -0.4 is 0 Å². The number of hydrogen-bond donors (Lipinski definition) is 0. The van der Waals surface area contributed by atoms with Crippen LogP contribution in [0.1, 0.15) is 0 Å². The molecular formula is H2Cd2O2. The predicted octanol–water partition coefficient (Wildman–Crippen LogP) is -0.359. The van der Waals surface area contributed by atoms with Crippen LogP contribution >= 0.6 is 0 Å². The molecule has 2 N–H and O–H groups in total. The Morgan fingerprint density at radius 1 is 0.750 bits per heavy atom. The summed E-state index contributed by atoms with van der Waals surface area (Å²) >= 11 is 0. The third-order valence-corrected chi connectivity index (χ3v) is 0. The fourth-order valence-corrected chi connectivity index (χ4v) is 0. The monoisotopic (exact) mass is 262 g/mol. The van der Waals surface area contributed by atoms with Gasteiger partial charge >= 0.3 is 27.3 Å². The largest absolute Gasteiger partial charge is 2.00 e. The van der Waals surface area contributed by atoms with Gasteiger partial charge in [-0.2, -0.15) is 0 Å². The van der Waals surface area contributed by atoms with E-state index in [-0.39, 0.29) is 65.5 Å². The Bertz CT molecular complexity index is 4.00. The summed E-state index contributed by atoms with van der Waals surface area (Å²) in [5.41, 5.74) is 0. The smallest absolute Gasteiger partial charge is 0.870 e. The van der Waals surface area contributed by atoms with Gasteiger partial charge in [0, 0.05) is 27.3 Å². The molecule has 0 rings (SSSR count). The zero-order valence-electron chi connectivity index (χ0n) is 2.31. The number of rotatable bonds is 0. The van der Waals surface area contributed by atoms with Gasteiger partial charge in [-0.05, 0) is 0 Å². The molecule has 0 bridgehead atoms. The van der Waals surface area contributed by atoms with Crippen molar-refractivity contribution in [1.29, 1.82) is 0 Å². The number of hydrogen-bond acceptors (Lipinski definition) is 2. The van der Waals surface area contributed by atoms with Crippen LogP contribution in [0.5, 0.6) is 0 Å². The van der Waals surface area contributed by atoms with Gasteiger partial charge in [0.15, 0.2) is 0 Å². The fourth-order valence-electron chi connectivity index (χ4n) is 0. The average Bonchev–Trinajstić information content (AvgIpc) is 0. The summed E-state index contributed by atoms with van der Waals surface area (Å²) < 4.78 is 0. The second-order valence-corrected chi connectivity index (χ2v) is 0. The summed E-state index contributed by atoms with van der Waals surface area (Å²) in [7, 11) is 0. The molecule has 0 aliphatic heterocycles. The molecule has 0 aliphatic carbocycles. The van der Waals surface area contributed by atoms with E-state index < -0.39 is 0 Å². The fraction of sp³-hybridized carbons (Fsp3) is 0. The molecule has 0 saturated carbocycles. The van der Waals surface area contributed by atoms with Crippen LogP contribution in [-0.2, 0) is 54.6 Å². The minimum Gasteiger partial charge on any atom is -0.870 e. The van der Waals surface area contributed by atoms with E-state index in [1.807, 2.05) is 0 Å². The first kappa shape index (κ1) is 42.0. The Morgan fingerprint density at radius 2 is 0.750 bits per heavy atom. The van der Waals surface area contributed by atoms with E-state index in [4.69, 9.17) is 0 Å². The Morgan fingerprint density at radius 3 is 0.750 bits per heavy atom. The van der Waals surface area contributed by atoms with Crippen LogP contribution in [0.15, 0.2) is 0 Å². The van der Waals surface area contributed by atoms with Gasteiger partial charge in [0.1, 0.15) is 0 Å². The molecule has 0 atom stereocenters. The molecular weight excluding hydrogens is 257 g/mol. The molecule has 2 nitrogen and oxygen atoms in total. The Hall–Kier alpha value is 1.76. The van der Waals surface area contributed by atoms with Crippen molar-refractivity contribution in [2.75, 3.05) is 0 Å². The average molecular weight is 259 g/mol. The van der Waals surface area contributed by atoms with Gasteiger partial charge in [0.2, 0.25) is 0 Å². The molecule has 0 aromatic heterocycles. The molecule has 0 radical (unpaired) electrons. The summed E-state index contributed by atoms with van der Waals surface area (Å²) in [6, 6.07) is 0. The van der Waals surface area contributed by atoms with Crippen molar-refractivity contribution in [3.8, 4) is 0 Å². The van der Waals surface area contributed by atoms with Crippen molar-refractivity contribution >= 4 is 0 Å². The molecule has 0 aromatic rings. The molecule has 4 heavy (non-hydrogen) atoms. The van der Waals surface area contributed by atoms with Crippen molar-refractivity contribution in [3.63, 3.8) is 0 Å². The topological polar surface area (TPSA) is 60.0 Å². The van der Waals surface area contributed by atoms with Crippen molar-refractivity contribution < 1.29 is 65.5 Å². The first-order valence-electron chi connectivity index (χ1n) is 0. The molecule has 0 aliphatic rings. The zero-order chi connectivity index (χ0) is 0. The zero-order valence-corrected chi connectivity index (χ0v) is 10.4. The summed E-state index contributed by atoms with van der Waals surface area (Å²) in [5.74, 6) is 0. The summed E-state index contributed by atoms with van der Waals surface area (Å²) in [6.45, 7) is 0. The second-order valence-electron chi connectivity index (χ2n) is 0. The van der Waals surface area contributed by atoms with Gasteiger partial charge in [0.25, 0.3) is 0 Å². The van der Waals surface area contributed by atoms with Crippen LogP contribution in [0, 0.1) is 0 Å². The van der Waals surface area contributed by atoms with E-state index in [1.54, 1.807) is 0 Å². The Kier molecular flexibility index (Phi) is 228. The minimum absolute atomic E-state index is 0. The third-order valence-electron chi connectivity index (χ3n) is 0.